The van der Waals surface area contributed by atoms with Crippen LogP contribution in [0.3, 0.4) is 0 Å². The third kappa shape index (κ3) is 4.04. The summed E-state index contributed by atoms with van der Waals surface area (Å²) in [6.45, 7) is 1.92. The summed E-state index contributed by atoms with van der Waals surface area (Å²) in [7, 11) is 6.06. The number of rotatable bonds is 5. The summed E-state index contributed by atoms with van der Waals surface area (Å²) >= 11 is 0. The van der Waals surface area contributed by atoms with E-state index >= 15 is 0 Å². The average Bonchev–Trinajstić information content (AvgIpc) is 3.37. The zero-order valence-corrected chi connectivity index (χ0v) is 23.9. The summed E-state index contributed by atoms with van der Waals surface area (Å²) < 4.78 is 10.6. The Hall–Kier alpha value is -4.42. The number of nitrogens with two attached hydrogens (primary N) is 1. The van der Waals surface area contributed by atoms with Crippen LogP contribution in [0.4, 0.5) is 4.79 Å². The fourth-order valence-electron chi connectivity index (χ4n) is 6.83. The predicted octanol–water partition coefficient (Wildman–Crippen LogP) is 2.18. The molecule has 5 N–H and O–H groups in total. The molecule has 12 nitrogen and oxygen atoms in total. The Morgan fingerprint density at radius 3 is 2.48 bits per heavy atom. The molecule has 0 bridgehead atoms. The van der Waals surface area contributed by atoms with Crippen LogP contribution in [0.5, 0.6) is 0 Å². The molecule has 3 aliphatic carbocycles. The topological polar surface area (TPSA) is 184 Å². The van der Waals surface area contributed by atoms with Crippen molar-refractivity contribution >= 4 is 23.6 Å². The lowest BCUT2D eigenvalue weighted by Crippen LogP contribution is -2.63. The van der Waals surface area contributed by atoms with Gasteiger partial charge >= 0.3 is 6.09 Å². The monoisotopic (exact) mass is 579 g/mol. The Morgan fingerprint density at radius 2 is 1.86 bits per heavy atom. The van der Waals surface area contributed by atoms with Crippen molar-refractivity contribution in [3.05, 3.63) is 69.4 Å². The van der Waals surface area contributed by atoms with Crippen molar-refractivity contribution in [3.63, 3.8) is 0 Å². The molecule has 42 heavy (non-hydrogen) atoms. The number of benzene rings is 1. The van der Waals surface area contributed by atoms with Crippen LogP contribution in [0, 0.1) is 18.8 Å². The number of aryl methyl sites for hydroxylation is 1. The minimum atomic E-state index is -2.64. The van der Waals surface area contributed by atoms with Crippen molar-refractivity contribution in [1.29, 1.82) is 0 Å². The van der Waals surface area contributed by atoms with Crippen molar-refractivity contribution in [2.75, 3.05) is 28.3 Å². The first-order chi connectivity index (χ1) is 19.7. The van der Waals surface area contributed by atoms with E-state index in [4.69, 9.17) is 14.9 Å². The van der Waals surface area contributed by atoms with Crippen LogP contribution in [-0.4, -0.2) is 88.6 Å². The number of amides is 2. The van der Waals surface area contributed by atoms with Crippen LogP contribution in [-0.2, 0) is 27.3 Å². The second kappa shape index (κ2) is 10.1. The van der Waals surface area contributed by atoms with Crippen molar-refractivity contribution in [1.82, 2.24) is 9.80 Å². The molecule has 1 aromatic heterocycles. The third-order valence-corrected chi connectivity index (χ3v) is 8.72. The van der Waals surface area contributed by atoms with Gasteiger partial charge in [0.15, 0.2) is 11.4 Å². The average molecular weight is 580 g/mol. The van der Waals surface area contributed by atoms with E-state index < -0.39 is 64.1 Å². The van der Waals surface area contributed by atoms with Gasteiger partial charge in [0, 0.05) is 35.2 Å². The number of fused-ring (bicyclic) bond motifs is 3. The Balaban J connectivity index is 1.66. The van der Waals surface area contributed by atoms with E-state index in [1.807, 2.05) is 6.07 Å². The van der Waals surface area contributed by atoms with Gasteiger partial charge in [-0.2, -0.15) is 0 Å². The molecule has 0 spiro atoms. The molecular formula is C30H33N3O9. The number of furan rings is 1. The fraction of sp³-hybridized carbons (Fsp3) is 0.400. The molecule has 0 fully saturated rings. The smallest absolute Gasteiger partial charge is 0.409 e. The number of hydrogen-bond acceptors (Lipinski definition) is 10. The number of Topliss-reactive ketones (excluding diaryl/α,β-unsaturated/α-hetero) is 2. The molecule has 0 aliphatic heterocycles. The second-order valence-electron chi connectivity index (χ2n) is 11.3. The van der Waals surface area contributed by atoms with Gasteiger partial charge in [-0.15, -0.1) is 0 Å². The lowest BCUT2D eigenvalue weighted by molar-refractivity contribution is -0.148. The summed E-state index contributed by atoms with van der Waals surface area (Å²) in [6, 6.07) is 4.25. The van der Waals surface area contributed by atoms with E-state index in [0.717, 1.165) is 0 Å². The number of carbonyl (C=O) groups is 4. The van der Waals surface area contributed by atoms with E-state index in [1.54, 1.807) is 40.2 Å². The number of primary amides is 1. The molecule has 222 valence electrons. The molecule has 0 saturated heterocycles. The van der Waals surface area contributed by atoms with Crippen LogP contribution < -0.4 is 5.73 Å². The maximum atomic E-state index is 14.1. The predicted molar refractivity (Wildman–Crippen MR) is 148 cm³/mol. The van der Waals surface area contributed by atoms with Crippen LogP contribution >= 0.6 is 0 Å². The minimum Gasteiger partial charge on any atom is -0.510 e. The third-order valence-electron chi connectivity index (χ3n) is 8.72. The molecule has 0 unspecified atom stereocenters. The molecule has 3 aliphatic rings. The van der Waals surface area contributed by atoms with Crippen LogP contribution in [0.1, 0.15) is 33.5 Å². The van der Waals surface area contributed by atoms with E-state index in [1.165, 1.54) is 23.2 Å². The quantitative estimate of drug-likeness (QED) is 0.383. The van der Waals surface area contributed by atoms with Crippen molar-refractivity contribution in [2.24, 2.45) is 17.6 Å². The Morgan fingerprint density at radius 1 is 1.17 bits per heavy atom. The van der Waals surface area contributed by atoms with Gasteiger partial charge in [-0.25, -0.2) is 4.79 Å². The molecule has 4 atom stereocenters. The van der Waals surface area contributed by atoms with E-state index in [9.17, 15) is 34.5 Å². The van der Waals surface area contributed by atoms with Crippen LogP contribution in [0.2, 0.25) is 0 Å². The highest BCUT2D eigenvalue weighted by Gasteiger charge is 2.63. The molecule has 12 heteroatoms. The maximum absolute atomic E-state index is 14.1. The molecule has 0 radical (unpaired) electrons. The van der Waals surface area contributed by atoms with Gasteiger partial charge in [0.2, 0.25) is 5.78 Å². The maximum Gasteiger partial charge on any atom is 0.409 e. The number of ether oxygens (including phenoxy) is 1. The van der Waals surface area contributed by atoms with Gasteiger partial charge in [0.25, 0.3) is 5.91 Å². The van der Waals surface area contributed by atoms with Gasteiger partial charge in [0.1, 0.15) is 22.9 Å². The molecule has 2 amide bonds. The first-order valence-corrected chi connectivity index (χ1v) is 13.4. The van der Waals surface area contributed by atoms with Gasteiger partial charge < -0.3 is 35.1 Å². The van der Waals surface area contributed by atoms with Gasteiger partial charge in [0.05, 0.1) is 26.0 Å². The van der Waals surface area contributed by atoms with E-state index in [-0.39, 0.29) is 25.0 Å². The Kier molecular flexibility index (Phi) is 7.02. The molecule has 5 rings (SSSR count). The minimum absolute atomic E-state index is 0.0369. The highest BCUT2D eigenvalue weighted by molar-refractivity contribution is 6.24. The van der Waals surface area contributed by atoms with Gasteiger partial charge in [-0.1, -0.05) is 12.1 Å². The summed E-state index contributed by atoms with van der Waals surface area (Å²) in [4.78, 5) is 54.7. The molecular weight excluding hydrogens is 546 g/mol. The summed E-state index contributed by atoms with van der Waals surface area (Å²) in [5.41, 5.74) is 4.74. The number of aliphatic hydroxyl groups excluding tert-OH is 2. The molecule has 0 saturated carbocycles. The normalized spacial score (nSPS) is 25.3. The van der Waals surface area contributed by atoms with Gasteiger partial charge in [-0.05, 0) is 57.0 Å². The molecule has 2 aromatic rings. The van der Waals surface area contributed by atoms with Gasteiger partial charge in [-0.3, -0.25) is 19.3 Å². The summed E-state index contributed by atoms with van der Waals surface area (Å²) in [6.07, 6.45) is 1.25. The standard InChI is InChI=1S/C30H33N3O9/c1-13-6-7-16(25-14(8-9-42-25)12-33(4)29(39)41-5)17-10-15-11-18-22(32(2)3)24(35)21(28(31)38)27(37)30(18,40)26(36)20(15)23(34)19(13)17/h6-9,15,18,22,35-36,40H,10-12H2,1-5H3,(H2,31,38)/t15-,18-,22-,30-/m0/s1. The zero-order valence-electron chi connectivity index (χ0n) is 23.9. The fourth-order valence-corrected chi connectivity index (χ4v) is 6.83. The van der Waals surface area contributed by atoms with Crippen molar-refractivity contribution < 1.29 is 43.7 Å². The first-order valence-electron chi connectivity index (χ1n) is 13.4. The van der Waals surface area contributed by atoms with E-state index in [0.29, 0.717) is 33.6 Å². The number of allylic oxidation sites excluding steroid dienone is 1. The number of aliphatic hydroxyl groups is 3. The highest BCUT2D eigenvalue weighted by atomic mass is 16.5. The number of hydrogen-bond donors (Lipinski definition) is 4. The Bertz CT molecular complexity index is 1600. The van der Waals surface area contributed by atoms with Crippen LogP contribution in [0.15, 0.2) is 51.5 Å². The number of carbonyl (C=O) groups excluding carboxylic acids is 4. The van der Waals surface area contributed by atoms with Crippen LogP contribution in [0.25, 0.3) is 11.3 Å². The summed E-state index contributed by atoms with van der Waals surface area (Å²) in [5.74, 6) is -5.72. The second-order valence-corrected chi connectivity index (χ2v) is 11.3. The number of methoxy groups -OCH3 is 1. The SMILES string of the molecule is COC(=O)N(C)Cc1ccoc1-c1ccc(C)c2c1C[C@H]1C[C@H]3[C@H](N(C)C)C(O)=C(C(N)=O)C(=O)[C@@]3(O)C(O)=C1C2=O. The lowest BCUT2D eigenvalue weighted by Gasteiger charge is -2.50. The lowest BCUT2D eigenvalue weighted by atomic mass is 9.58. The van der Waals surface area contributed by atoms with Crippen molar-refractivity contribution in [2.45, 2.75) is 38.0 Å². The molecule has 1 heterocycles. The Labute approximate surface area is 241 Å². The molecule has 1 aromatic carbocycles. The number of ketones is 2. The zero-order chi connectivity index (χ0) is 30.8. The summed E-state index contributed by atoms with van der Waals surface area (Å²) in [5, 5.41) is 34.3. The highest BCUT2D eigenvalue weighted by Crippen LogP contribution is 2.52. The van der Waals surface area contributed by atoms with E-state index in [2.05, 4.69) is 0 Å². The number of nitrogens with zero attached hydrogens (tertiary/aromatic N) is 2. The van der Waals surface area contributed by atoms with Crippen molar-refractivity contribution in [3.8, 4) is 11.3 Å². The largest absolute Gasteiger partial charge is 0.510 e. The number of likely N-dealkylation sites (N-methyl/N-ethyl adjacent to an activating group) is 1. The first kappa shape index (κ1) is 29.1.